The quantitative estimate of drug-likeness (QED) is 0.318. The second kappa shape index (κ2) is 14.8. The highest BCUT2D eigenvalue weighted by Crippen LogP contribution is 2.28. The molecule has 0 aliphatic carbocycles. The summed E-state index contributed by atoms with van der Waals surface area (Å²) >= 11 is 0. The van der Waals surface area contributed by atoms with Crippen molar-refractivity contribution in [3.63, 3.8) is 0 Å². The number of nitrogens with zero attached hydrogens (tertiary/aromatic N) is 3. The van der Waals surface area contributed by atoms with Crippen LogP contribution in [0.25, 0.3) is 11.1 Å². The standard InChI is InChI=1S/C35H46N4O3/c1-27-23-39(24-28(2)41-27)26-30-15-13-29(14-16-30)25-37(3)21-22-38-19-17-32(18-20-38)42-35(40)36-34-12-8-7-11-33(34)31-9-5-4-6-10-31/h4-16,27-28,32H,17-26H2,1-3H3,(H,36,40). The van der Waals surface area contributed by atoms with Gasteiger partial charge in [-0.2, -0.15) is 0 Å². The summed E-state index contributed by atoms with van der Waals surface area (Å²) in [5, 5.41) is 2.97. The minimum Gasteiger partial charge on any atom is -0.446 e. The van der Waals surface area contributed by atoms with Gasteiger partial charge in [0, 0.05) is 57.9 Å². The monoisotopic (exact) mass is 570 g/mol. The number of likely N-dealkylation sites (N-methyl/N-ethyl adjacent to an activating group) is 1. The summed E-state index contributed by atoms with van der Waals surface area (Å²) in [5.74, 6) is 0. The Labute approximate surface area is 251 Å². The zero-order valence-electron chi connectivity index (χ0n) is 25.4. The number of carbonyl (C=O) groups is 1. The molecule has 0 spiro atoms. The summed E-state index contributed by atoms with van der Waals surface area (Å²) in [6, 6.07) is 27.0. The lowest BCUT2D eigenvalue weighted by molar-refractivity contribution is -0.0704. The van der Waals surface area contributed by atoms with E-state index in [1.54, 1.807) is 0 Å². The zero-order valence-corrected chi connectivity index (χ0v) is 25.4. The molecule has 0 bridgehead atoms. The summed E-state index contributed by atoms with van der Waals surface area (Å²) in [7, 11) is 2.19. The van der Waals surface area contributed by atoms with Crippen LogP contribution in [0.15, 0.2) is 78.9 Å². The summed E-state index contributed by atoms with van der Waals surface area (Å²) in [5.41, 5.74) is 5.53. The van der Waals surface area contributed by atoms with Gasteiger partial charge in [-0.1, -0.05) is 72.8 Å². The van der Waals surface area contributed by atoms with Gasteiger partial charge in [0.15, 0.2) is 0 Å². The molecule has 2 saturated heterocycles. The molecule has 42 heavy (non-hydrogen) atoms. The smallest absolute Gasteiger partial charge is 0.411 e. The third-order valence-corrected chi connectivity index (χ3v) is 8.23. The Balaban J connectivity index is 0.999. The molecule has 2 fully saturated rings. The minimum atomic E-state index is -0.378. The molecule has 2 unspecified atom stereocenters. The van der Waals surface area contributed by atoms with E-state index >= 15 is 0 Å². The Morgan fingerprint density at radius 1 is 0.881 bits per heavy atom. The van der Waals surface area contributed by atoms with Crippen LogP contribution >= 0.6 is 0 Å². The molecule has 0 saturated carbocycles. The molecule has 224 valence electrons. The molecule has 1 N–H and O–H groups in total. The van der Waals surface area contributed by atoms with E-state index < -0.39 is 0 Å². The highest BCUT2D eigenvalue weighted by atomic mass is 16.6. The van der Waals surface area contributed by atoms with Crippen molar-refractivity contribution in [2.45, 2.75) is 58.1 Å². The second-order valence-corrected chi connectivity index (χ2v) is 12.0. The van der Waals surface area contributed by atoms with Crippen molar-refractivity contribution in [3.8, 4) is 11.1 Å². The fourth-order valence-electron chi connectivity index (χ4n) is 6.13. The molecule has 2 aliphatic rings. The van der Waals surface area contributed by atoms with Gasteiger partial charge in [-0.3, -0.25) is 10.2 Å². The number of likely N-dealkylation sites (tertiary alicyclic amines) is 1. The zero-order chi connectivity index (χ0) is 29.3. The van der Waals surface area contributed by atoms with Crippen molar-refractivity contribution in [2.24, 2.45) is 0 Å². The van der Waals surface area contributed by atoms with Gasteiger partial charge >= 0.3 is 6.09 Å². The van der Waals surface area contributed by atoms with Crippen LogP contribution in [-0.4, -0.2) is 85.4 Å². The van der Waals surface area contributed by atoms with Gasteiger partial charge in [0.05, 0.1) is 17.9 Å². The molecule has 3 aromatic rings. The number of anilines is 1. The van der Waals surface area contributed by atoms with Crippen molar-refractivity contribution < 1.29 is 14.3 Å². The SMILES string of the molecule is CC1CN(Cc2ccc(CN(C)CCN3CCC(OC(=O)Nc4ccccc4-c4ccccc4)CC3)cc2)CC(C)O1. The van der Waals surface area contributed by atoms with Crippen LogP contribution in [-0.2, 0) is 22.6 Å². The number of amides is 1. The van der Waals surface area contributed by atoms with Crippen LogP contribution in [0.3, 0.4) is 0 Å². The van der Waals surface area contributed by atoms with Crippen molar-refractivity contribution in [1.29, 1.82) is 0 Å². The van der Waals surface area contributed by atoms with Crippen LogP contribution < -0.4 is 5.32 Å². The van der Waals surface area contributed by atoms with E-state index in [9.17, 15) is 4.79 Å². The lowest BCUT2D eigenvalue weighted by atomic mass is 10.0. The Kier molecular flexibility index (Phi) is 10.6. The molecule has 5 rings (SSSR count). The highest BCUT2D eigenvalue weighted by Gasteiger charge is 2.24. The maximum Gasteiger partial charge on any atom is 0.411 e. The highest BCUT2D eigenvalue weighted by molar-refractivity contribution is 5.91. The lowest BCUT2D eigenvalue weighted by Crippen LogP contribution is -2.44. The minimum absolute atomic E-state index is 0.0507. The van der Waals surface area contributed by atoms with Gasteiger partial charge < -0.3 is 19.3 Å². The van der Waals surface area contributed by atoms with E-state index in [4.69, 9.17) is 9.47 Å². The van der Waals surface area contributed by atoms with E-state index in [-0.39, 0.29) is 12.2 Å². The summed E-state index contributed by atoms with van der Waals surface area (Å²) in [6.07, 6.45) is 1.89. The second-order valence-electron chi connectivity index (χ2n) is 12.0. The van der Waals surface area contributed by atoms with E-state index in [2.05, 4.69) is 65.2 Å². The first kappa shape index (κ1) is 30.2. The summed E-state index contributed by atoms with van der Waals surface area (Å²) in [4.78, 5) is 20.1. The normalized spacial score (nSPS) is 20.5. The fraction of sp³-hybridized carbons (Fsp3) is 0.457. The number of morpholine rings is 1. The molecule has 2 heterocycles. The fourth-order valence-corrected chi connectivity index (χ4v) is 6.13. The Bertz CT molecular complexity index is 1250. The number of carbonyl (C=O) groups excluding carboxylic acids is 1. The molecular weight excluding hydrogens is 524 g/mol. The van der Waals surface area contributed by atoms with Gasteiger partial charge in [-0.15, -0.1) is 0 Å². The predicted octanol–water partition coefficient (Wildman–Crippen LogP) is 6.11. The van der Waals surface area contributed by atoms with Crippen molar-refractivity contribution in [1.82, 2.24) is 14.7 Å². The van der Waals surface area contributed by atoms with E-state index in [0.29, 0.717) is 12.2 Å². The Morgan fingerprint density at radius 2 is 1.52 bits per heavy atom. The number of piperidine rings is 1. The van der Waals surface area contributed by atoms with Crippen LogP contribution in [0.2, 0.25) is 0 Å². The Hall–Kier alpha value is -3.23. The van der Waals surface area contributed by atoms with Crippen LogP contribution in [0, 0.1) is 0 Å². The number of benzene rings is 3. The largest absolute Gasteiger partial charge is 0.446 e. The van der Waals surface area contributed by atoms with E-state index in [0.717, 1.165) is 82.0 Å². The van der Waals surface area contributed by atoms with Crippen LogP contribution in [0.5, 0.6) is 0 Å². The third kappa shape index (κ3) is 8.88. The first-order valence-corrected chi connectivity index (χ1v) is 15.4. The summed E-state index contributed by atoms with van der Waals surface area (Å²) in [6.45, 7) is 12.1. The van der Waals surface area contributed by atoms with Crippen molar-refractivity contribution in [2.75, 3.05) is 51.6 Å². The number of hydrogen-bond donors (Lipinski definition) is 1. The topological polar surface area (TPSA) is 57.3 Å². The first-order chi connectivity index (χ1) is 20.4. The molecule has 7 heteroatoms. The van der Waals surface area contributed by atoms with Gasteiger partial charge in [-0.05, 0) is 56.5 Å². The average molecular weight is 571 g/mol. The molecular formula is C35H46N4O3. The number of rotatable bonds is 10. The number of ether oxygens (including phenoxy) is 2. The van der Waals surface area contributed by atoms with Crippen molar-refractivity contribution >= 4 is 11.8 Å². The van der Waals surface area contributed by atoms with Gasteiger partial charge in [-0.25, -0.2) is 4.79 Å². The van der Waals surface area contributed by atoms with Gasteiger partial charge in [0.1, 0.15) is 6.10 Å². The Morgan fingerprint density at radius 3 is 2.24 bits per heavy atom. The van der Waals surface area contributed by atoms with Crippen molar-refractivity contribution in [3.05, 3.63) is 90.0 Å². The first-order valence-electron chi connectivity index (χ1n) is 15.4. The van der Waals surface area contributed by atoms with Gasteiger partial charge in [0.2, 0.25) is 0 Å². The molecule has 7 nitrogen and oxygen atoms in total. The number of hydrogen-bond acceptors (Lipinski definition) is 6. The van der Waals surface area contributed by atoms with Crippen LogP contribution in [0.4, 0.5) is 10.5 Å². The number of nitrogens with one attached hydrogen (secondary N) is 1. The predicted molar refractivity (Wildman–Crippen MR) is 170 cm³/mol. The van der Waals surface area contributed by atoms with E-state index in [1.807, 2.05) is 54.6 Å². The molecule has 0 radical (unpaired) electrons. The summed E-state index contributed by atoms with van der Waals surface area (Å²) < 4.78 is 11.7. The third-order valence-electron chi connectivity index (χ3n) is 8.23. The van der Waals surface area contributed by atoms with Crippen LogP contribution in [0.1, 0.15) is 37.8 Å². The van der Waals surface area contributed by atoms with E-state index in [1.165, 1.54) is 11.1 Å². The average Bonchev–Trinajstić information content (AvgIpc) is 2.98. The molecule has 1 amide bonds. The van der Waals surface area contributed by atoms with Gasteiger partial charge in [0.25, 0.3) is 0 Å². The maximum absolute atomic E-state index is 12.7. The molecule has 2 aliphatic heterocycles. The molecule has 0 aromatic heterocycles. The molecule has 2 atom stereocenters. The number of para-hydroxylation sites is 1. The molecule has 3 aromatic carbocycles. The maximum atomic E-state index is 12.7. The lowest BCUT2D eigenvalue weighted by Gasteiger charge is -2.35.